The van der Waals surface area contributed by atoms with E-state index in [1.807, 2.05) is 18.2 Å². The number of halogens is 1. The molecule has 0 aromatic heterocycles. The summed E-state index contributed by atoms with van der Waals surface area (Å²) >= 11 is 0. The lowest BCUT2D eigenvalue weighted by Gasteiger charge is -2.29. The molecule has 2 aromatic carbocycles. The number of aldehydes is 1. The molecule has 0 spiro atoms. The van der Waals surface area contributed by atoms with Gasteiger partial charge in [-0.25, -0.2) is 4.39 Å². The van der Waals surface area contributed by atoms with E-state index in [4.69, 9.17) is 0 Å². The number of aromatic hydroxyl groups is 1. The summed E-state index contributed by atoms with van der Waals surface area (Å²) in [4.78, 5) is 25.5. The number of phenols is 1. The fourth-order valence-electron chi connectivity index (χ4n) is 2.98. The lowest BCUT2D eigenvalue weighted by atomic mass is 10.1. The van der Waals surface area contributed by atoms with Crippen molar-refractivity contribution in [2.75, 3.05) is 23.3 Å². The number of piperidine rings is 1. The Balaban J connectivity index is 1.79. The van der Waals surface area contributed by atoms with Gasteiger partial charge in [-0.3, -0.25) is 9.59 Å². The van der Waals surface area contributed by atoms with Crippen LogP contribution in [-0.2, 0) is 0 Å². The molecule has 0 bridgehead atoms. The van der Waals surface area contributed by atoms with Gasteiger partial charge in [-0.2, -0.15) is 0 Å². The van der Waals surface area contributed by atoms with Gasteiger partial charge in [-0.15, -0.1) is 0 Å². The molecule has 0 unspecified atom stereocenters. The lowest BCUT2D eigenvalue weighted by Crippen LogP contribution is -2.29. The highest BCUT2D eigenvalue weighted by atomic mass is 19.1. The number of nitrogens with one attached hydrogen (secondary N) is 1. The Morgan fingerprint density at radius 1 is 1.16 bits per heavy atom. The van der Waals surface area contributed by atoms with E-state index in [0.717, 1.165) is 43.8 Å². The summed E-state index contributed by atoms with van der Waals surface area (Å²) in [7, 11) is 0. The standard InChI is InChI=1S/C19H19FN2O3/c20-17-10-13(9-14(12-23)18(17)24)19(25)21-15-5-4-6-16(11-15)22-7-2-1-3-8-22/h4-6,9-12,24H,1-3,7-8H2,(H,21,25). The van der Waals surface area contributed by atoms with Crippen LogP contribution >= 0.6 is 0 Å². The first kappa shape index (κ1) is 17.0. The van der Waals surface area contributed by atoms with Crippen molar-refractivity contribution in [1.82, 2.24) is 0 Å². The Labute approximate surface area is 145 Å². The van der Waals surface area contributed by atoms with Gasteiger partial charge in [0.2, 0.25) is 0 Å². The number of rotatable bonds is 4. The molecular weight excluding hydrogens is 323 g/mol. The van der Waals surface area contributed by atoms with Gasteiger partial charge in [-0.1, -0.05) is 6.07 Å². The molecule has 1 aliphatic heterocycles. The first-order chi connectivity index (χ1) is 12.1. The first-order valence-corrected chi connectivity index (χ1v) is 8.22. The Hall–Kier alpha value is -2.89. The van der Waals surface area contributed by atoms with Crippen molar-refractivity contribution >= 4 is 23.6 Å². The van der Waals surface area contributed by atoms with Crippen LogP contribution in [0.5, 0.6) is 5.75 Å². The highest BCUT2D eigenvalue weighted by Crippen LogP contribution is 2.25. The predicted octanol–water partition coefficient (Wildman–Crippen LogP) is 3.59. The van der Waals surface area contributed by atoms with Gasteiger partial charge >= 0.3 is 0 Å². The van der Waals surface area contributed by atoms with Crippen LogP contribution in [0.2, 0.25) is 0 Å². The van der Waals surface area contributed by atoms with Crippen LogP contribution in [0.25, 0.3) is 0 Å². The molecule has 2 aromatic rings. The third-order valence-electron chi connectivity index (χ3n) is 4.31. The van der Waals surface area contributed by atoms with Gasteiger partial charge < -0.3 is 15.3 Å². The average Bonchev–Trinajstić information content (AvgIpc) is 2.64. The molecule has 0 saturated carbocycles. The van der Waals surface area contributed by atoms with Gasteiger partial charge in [0, 0.05) is 30.0 Å². The topological polar surface area (TPSA) is 69.6 Å². The van der Waals surface area contributed by atoms with Crippen molar-refractivity contribution in [2.45, 2.75) is 19.3 Å². The van der Waals surface area contributed by atoms with Gasteiger partial charge in [-0.05, 0) is 49.6 Å². The fourth-order valence-corrected chi connectivity index (χ4v) is 2.98. The third kappa shape index (κ3) is 3.79. The molecule has 1 amide bonds. The van der Waals surface area contributed by atoms with E-state index in [1.165, 1.54) is 6.42 Å². The maximum absolute atomic E-state index is 13.6. The Morgan fingerprint density at radius 3 is 2.64 bits per heavy atom. The number of phenolic OH excluding ortho intramolecular Hbond substituents is 1. The van der Waals surface area contributed by atoms with Crippen molar-refractivity contribution in [1.29, 1.82) is 0 Å². The zero-order valence-corrected chi connectivity index (χ0v) is 13.7. The van der Waals surface area contributed by atoms with Crippen LogP contribution in [0.3, 0.4) is 0 Å². The highest BCUT2D eigenvalue weighted by Gasteiger charge is 2.15. The molecule has 3 rings (SSSR count). The normalized spacial score (nSPS) is 14.2. The number of benzene rings is 2. The van der Waals surface area contributed by atoms with E-state index in [0.29, 0.717) is 12.0 Å². The second-order valence-electron chi connectivity index (χ2n) is 6.07. The van der Waals surface area contributed by atoms with E-state index in [1.54, 1.807) is 6.07 Å². The molecule has 0 aliphatic carbocycles. The van der Waals surface area contributed by atoms with E-state index >= 15 is 0 Å². The molecule has 1 heterocycles. The van der Waals surface area contributed by atoms with Crippen molar-refractivity contribution in [3.63, 3.8) is 0 Å². The minimum atomic E-state index is -1.00. The average molecular weight is 342 g/mol. The molecule has 1 fully saturated rings. The fraction of sp³-hybridized carbons (Fsp3) is 0.263. The number of carbonyl (C=O) groups is 2. The van der Waals surface area contributed by atoms with E-state index in [-0.39, 0.29) is 11.1 Å². The zero-order valence-electron chi connectivity index (χ0n) is 13.7. The summed E-state index contributed by atoms with van der Waals surface area (Å²) < 4.78 is 13.6. The quantitative estimate of drug-likeness (QED) is 0.833. The maximum atomic E-state index is 13.6. The molecule has 0 atom stereocenters. The smallest absolute Gasteiger partial charge is 0.255 e. The van der Waals surface area contributed by atoms with E-state index in [2.05, 4.69) is 10.2 Å². The predicted molar refractivity (Wildman–Crippen MR) is 93.9 cm³/mol. The van der Waals surface area contributed by atoms with Crippen LogP contribution < -0.4 is 10.2 Å². The monoisotopic (exact) mass is 342 g/mol. The first-order valence-electron chi connectivity index (χ1n) is 8.22. The van der Waals surface area contributed by atoms with Gasteiger partial charge in [0.05, 0.1) is 5.56 Å². The maximum Gasteiger partial charge on any atom is 0.255 e. The summed E-state index contributed by atoms with van der Waals surface area (Å²) in [5, 5.41) is 12.1. The Kier molecular flexibility index (Phi) is 4.97. The molecule has 1 saturated heterocycles. The number of nitrogens with zero attached hydrogens (tertiary/aromatic N) is 1. The van der Waals surface area contributed by atoms with Crippen molar-refractivity contribution in [3.05, 3.63) is 53.3 Å². The Morgan fingerprint density at radius 2 is 1.92 bits per heavy atom. The van der Waals surface area contributed by atoms with Crippen LogP contribution in [0.15, 0.2) is 36.4 Å². The molecule has 6 heteroatoms. The molecule has 25 heavy (non-hydrogen) atoms. The van der Waals surface area contributed by atoms with Crippen LogP contribution in [-0.4, -0.2) is 30.4 Å². The van der Waals surface area contributed by atoms with Crippen molar-refractivity contribution in [3.8, 4) is 5.75 Å². The largest absolute Gasteiger partial charge is 0.504 e. The van der Waals surface area contributed by atoms with E-state index in [9.17, 15) is 19.1 Å². The summed E-state index contributed by atoms with van der Waals surface area (Å²) in [6.07, 6.45) is 3.85. The third-order valence-corrected chi connectivity index (χ3v) is 4.31. The van der Waals surface area contributed by atoms with Crippen molar-refractivity contribution < 1.29 is 19.1 Å². The minimum absolute atomic E-state index is 0.0271. The lowest BCUT2D eigenvalue weighted by molar-refractivity contribution is 0.102. The Bertz CT molecular complexity index is 801. The van der Waals surface area contributed by atoms with Crippen LogP contribution in [0.4, 0.5) is 15.8 Å². The van der Waals surface area contributed by atoms with E-state index < -0.39 is 17.5 Å². The number of amides is 1. The van der Waals surface area contributed by atoms with Gasteiger partial charge in [0.25, 0.3) is 5.91 Å². The molecule has 2 N–H and O–H groups in total. The molecular formula is C19H19FN2O3. The molecule has 1 aliphatic rings. The van der Waals surface area contributed by atoms with Crippen LogP contribution in [0, 0.1) is 5.82 Å². The SMILES string of the molecule is O=Cc1cc(C(=O)Nc2cccc(N3CCCCC3)c2)cc(F)c1O. The number of carbonyl (C=O) groups excluding carboxylic acids is 2. The summed E-state index contributed by atoms with van der Waals surface area (Å²) in [6.45, 7) is 1.98. The second kappa shape index (κ2) is 7.34. The molecule has 130 valence electrons. The van der Waals surface area contributed by atoms with Gasteiger partial charge in [0.15, 0.2) is 17.9 Å². The molecule has 5 nitrogen and oxygen atoms in total. The zero-order chi connectivity index (χ0) is 17.8. The highest BCUT2D eigenvalue weighted by molar-refractivity contribution is 6.05. The summed E-state index contributed by atoms with van der Waals surface area (Å²) in [6, 6.07) is 9.55. The second-order valence-corrected chi connectivity index (χ2v) is 6.07. The molecule has 0 radical (unpaired) electrons. The minimum Gasteiger partial charge on any atom is -0.504 e. The number of hydrogen-bond donors (Lipinski definition) is 2. The summed E-state index contributed by atoms with van der Waals surface area (Å²) in [5.41, 5.74) is 1.34. The summed E-state index contributed by atoms with van der Waals surface area (Å²) in [5.74, 6) is -2.30. The number of hydrogen-bond acceptors (Lipinski definition) is 4. The van der Waals surface area contributed by atoms with Crippen molar-refractivity contribution in [2.24, 2.45) is 0 Å². The number of anilines is 2. The van der Waals surface area contributed by atoms with Crippen LogP contribution in [0.1, 0.15) is 40.0 Å². The van der Waals surface area contributed by atoms with Gasteiger partial charge in [0.1, 0.15) is 0 Å².